The fraction of sp³-hybridized carbons (Fsp3) is 0.133. The normalized spacial score (nSPS) is 11.1. The number of carbonyl (C=O) groups excluding carboxylic acids is 1. The Labute approximate surface area is 128 Å². The molecule has 0 aliphatic rings. The quantitative estimate of drug-likeness (QED) is 0.857. The van der Waals surface area contributed by atoms with E-state index in [-0.39, 0.29) is 22.2 Å². The molecule has 110 valence electrons. The zero-order valence-corrected chi connectivity index (χ0v) is 12.9. The SMILES string of the molecule is CC(=O)c1ccc(Cl)c(NS(=O)(=O)Cc2ccccc2)c1. The van der Waals surface area contributed by atoms with Crippen LogP contribution in [0.5, 0.6) is 0 Å². The predicted octanol–water partition coefficient (Wildman–Crippen LogP) is 3.48. The van der Waals surface area contributed by atoms with Crippen molar-refractivity contribution in [1.82, 2.24) is 0 Å². The standard InChI is InChI=1S/C15H14ClNO3S/c1-11(18)13-7-8-14(16)15(9-13)17-21(19,20)10-12-5-3-2-4-6-12/h2-9,17H,10H2,1H3. The maximum absolute atomic E-state index is 12.1. The highest BCUT2D eigenvalue weighted by Crippen LogP contribution is 2.25. The van der Waals surface area contributed by atoms with Crippen molar-refractivity contribution in [3.05, 3.63) is 64.7 Å². The zero-order chi connectivity index (χ0) is 15.5. The number of Topliss-reactive ketones (excluding diaryl/α,β-unsaturated/α-hetero) is 1. The first-order valence-electron chi connectivity index (χ1n) is 6.22. The molecule has 0 aliphatic heterocycles. The highest BCUT2D eigenvalue weighted by Gasteiger charge is 2.14. The Morgan fingerprint density at radius 2 is 1.81 bits per heavy atom. The van der Waals surface area contributed by atoms with Crippen LogP contribution in [0.2, 0.25) is 5.02 Å². The van der Waals surface area contributed by atoms with Gasteiger partial charge in [0.25, 0.3) is 0 Å². The molecule has 0 fully saturated rings. The predicted molar refractivity (Wildman–Crippen MR) is 84.1 cm³/mol. The Bertz CT molecular complexity index is 758. The van der Waals surface area contributed by atoms with Crippen molar-refractivity contribution >= 4 is 33.1 Å². The van der Waals surface area contributed by atoms with E-state index in [1.165, 1.54) is 19.1 Å². The molecule has 0 bridgehead atoms. The second kappa shape index (κ2) is 6.28. The van der Waals surface area contributed by atoms with Crippen LogP contribution in [0.3, 0.4) is 0 Å². The minimum absolute atomic E-state index is 0.157. The van der Waals surface area contributed by atoms with Gasteiger partial charge in [-0.25, -0.2) is 8.42 Å². The van der Waals surface area contributed by atoms with Crippen LogP contribution >= 0.6 is 11.6 Å². The van der Waals surface area contributed by atoms with E-state index < -0.39 is 10.0 Å². The molecule has 0 aromatic heterocycles. The van der Waals surface area contributed by atoms with Gasteiger partial charge in [-0.1, -0.05) is 41.9 Å². The van der Waals surface area contributed by atoms with Gasteiger partial charge in [-0.3, -0.25) is 9.52 Å². The van der Waals surface area contributed by atoms with Gasteiger partial charge in [-0.2, -0.15) is 0 Å². The monoisotopic (exact) mass is 323 g/mol. The zero-order valence-electron chi connectivity index (χ0n) is 11.3. The summed E-state index contributed by atoms with van der Waals surface area (Å²) in [5.41, 5.74) is 1.28. The fourth-order valence-electron chi connectivity index (χ4n) is 1.82. The van der Waals surface area contributed by atoms with Gasteiger partial charge < -0.3 is 0 Å². The molecular formula is C15H14ClNO3S. The van der Waals surface area contributed by atoms with E-state index in [2.05, 4.69) is 4.72 Å². The molecule has 21 heavy (non-hydrogen) atoms. The lowest BCUT2D eigenvalue weighted by molar-refractivity contribution is 0.101. The van der Waals surface area contributed by atoms with E-state index in [0.717, 1.165) is 0 Å². The van der Waals surface area contributed by atoms with Gasteiger partial charge in [0.15, 0.2) is 5.78 Å². The Hall–Kier alpha value is -1.85. The maximum atomic E-state index is 12.1. The van der Waals surface area contributed by atoms with Crippen LogP contribution in [-0.4, -0.2) is 14.2 Å². The summed E-state index contributed by atoms with van der Waals surface area (Å²) in [7, 11) is -3.60. The lowest BCUT2D eigenvalue weighted by Crippen LogP contribution is -2.15. The number of anilines is 1. The average molecular weight is 324 g/mol. The first kappa shape index (κ1) is 15.5. The lowest BCUT2D eigenvalue weighted by atomic mass is 10.1. The highest BCUT2D eigenvalue weighted by atomic mass is 35.5. The van der Waals surface area contributed by atoms with E-state index in [9.17, 15) is 13.2 Å². The Kier molecular flexibility index (Phi) is 4.65. The number of benzene rings is 2. The molecule has 0 saturated heterocycles. The van der Waals surface area contributed by atoms with Crippen LogP contribution in [0.15, 0.2) is 48.5 Å². The first-order valence-corrected chi connectivity index (χ1v) is 8.25. The van der Waals surface area contributed by atoms with Crippen molar-refractivity contribution in [3.8, 4) is 0 Å². The third-order valence-corrected chi connectivity index (χ3v) is 4.41. The average Bonchev–Trinajstić information content (AvgIpc) is 2.41. The van der Waals surface area contributed by atoms with Crippen molar-refractivity contribution in [2.24, 2.45) is 0 Å². The van der Waals surface area contributed by atoms with Crippen molar-refractivity contribution in [2.75, 3.05) is 4.72 Å². The summed E-state index contributed by atoms with van der Waals surface area (Å²) in [5, 5.41) is 0.247. The number of hydrogen-bond acceptors (Lipinski definition) is 3. The molecule has 2 aromatic carbocycles. The minimum atomic E-state index is -3.60. The summed E-state index contributed by atoms with van der Waals surface area (Å²) in [6.45, 7) is 1.41. The van der Waals surface area contributed by atoms with Crippen molar-refractivity contribution in [3.63, 3.8) is 0 Å². The van der Waals surface area contributed by atoms with Gasteiger partial charge in [0, 0.05) is 5.56 Å². The van der Waals surface area contributed by atoms with E-state index >= 15 is 0 Å². The fourth-order valence-corrected chi connectivity index (χ4v) is 3.25. The molecule has 2 rings (SSSR count). The van der Waals surface area contributed by atoms with Gasteiger partial charge >= 0.3 is 0 Å². The number of hydrogen-bond donors (Lipinski definition) is 1. The number of carbonyl (C=O) groups is 1. The van der Waals surface area contributed by atoms with Gasteiger partial charge in [0.1, 0.15) is 0 Å². The van der Waals surface area contributed by atoms with E-state index in [1.807, 2.05) is 6.07 Å². The largest absolute Gasteiger partial charge is 0.295 e. The number of sulfonamides is 1. The molecule has 0 atom stereocenters. The smallest absolute Gasteiger partial charge is 0.236 e. The van der Waals surface area contributed by atoms with Crippen molar-refractivity contribution in [1.29, 1.82) is 0 Å². The lowest BCUT2D eigenvalue weighted by Gasteiger charge is -2.10. The number of halogens is 1. The molecule has 0 heterocycles. The summed E-state index contributed by atoms with van der Waals surface area (Å²) in [5.74, 6) is -0.316. The van der Waals surface area contributed by atoms with Gasteiger partial charge in [0.2, 0.25) is 10.0 Å². The van der Waals surface area contributed by atoms with Crippen LogP contribution in [0, 0.1) is 0 Å². The molecule has 4 nitrogen and oxygen atoms in total. The summed E-state index contributed by atoms with van der Waals surface area (Å²) >= 11 is 5.97. The first-order chi connectivity index (χ1) is 9.87. The highest BCUT2D eigenvalue weighted by molar-refractivity contribution is 7.91. The third kappa shape index (κ3) is 4.31. The van der Waals surface area contributed by atoms with E-state index in [1.54, 1.807) is 30.3 Å². The van der Waals surface area contributed by atoms with Crippen LogP contribution in [-0.2, 0) is 15.8 Å². The van der Waals surface area contributed by atoms with Gasteiger partial charge in [0.05, 0.1) is 16.5 Å². The Morgan fingerprint density at radius 3 is 2.43 bits per heavy atom. The molecule has 0 amide bonds. The second-order valence-electron chi connectivity index (χ2n) is 4.60. The third-order valence-electron chi connectivity index (χ3n) is 2.84. The molecule has 1 N–H and O–H groups in total. The van der Waals surface area contributed by atoms with Crippen molar-refractivity contribution < 1.29 is 13.2 Å². The van der Waals surface area contributed by atoms with E-state index in [0.29, 0.717) is 11.1 Å². The number of nitrogens with one attached hydrogen (secondary N) is 1. The molecule has 0 radical (unpaired) electrons. The summed E-state index contributed by atoms with van der Waals surface area (Å²) < 4.78 is 26.7. The molecule has 2 aromatic rings. The topological polar surface area (TPSA) is 63.2 Å². The molecule has 0 aliphatic carbocycles. The van der Waals surface area contributed by atoms with Crippen LogP contribution in [0.1, 0.15) is 22.8 Å². The summed E-state index contributed by atoms with van der Waals surface area (Å²) in [4.78, 5) is 11.3. The summed E-state index contributed by atoms with van der Waals surface area (Å²) in [6.07, 6.45) is 0. The van der Waals surface area contributed by atoms with Gasteiger partial charge in [-0.15, -0.1) is 0 Å². The Balaban J connectivity index is 2.24. The summed E-state index contributed by atoms with van der Waals surface area (Å²) in [6, 6.07) is 13.3. The maximum Gasteiger partial charge on any atom is 0.236 e. The number of rotatable bonds is 5. The second-order valence-corrected chi connectivity index (χ2v) is 6.73. The van der Waals surface area contributed by atoms with Crippen LogP contribution in [0.25, 0.3) is 0 Å². The number of ketones is 1. The van der Waals surface area contributed by atoms with Crippen LogP contribution in [0.4, 0.5) is 5.69 Å². The van der Waals surface area contributed by atoms with Gasteiger partial charge in [-0.05, 0) is 30.7 Å². The van der Waals surface area contributed by atoms with Crippen LogP contribution < -0.4 is 4.72 Å². The molecule has 0 unspecified atom stereocenters. The molecule has 6 heteroatoms. The molecule has 0 saturated carbocycles. The molecular weight excluding hydrogens is 310 g/mol. The minimum Gasteiger partial charge on any atom is -0.295 e. The Morgan fingerprint density at radius 1 is 1.14 bits per heavy atom. The van der Waals surface area contributed by atoms with Crippen molar-refractivity contribution in [2.45, 2.75) is 12.7 Å². The molecule has 0 spiro atoms. The van der Waals surface area contributed by atoms with E-state index in [4.69, 9.17) is 11.6 Å².